The van der Waals surface area contributed by atoms with Crippen LogP contribution in [0, 0.1) is 23.7 Å². The highest BCUT2D eigenvalue weighted by atomic mass is 16.2. The lowest BCUT2D eigenvalue weighted by Crippen LogP contribution is -2.52. The van der Waals surface area contributed by atoms with E-state index in [9.17, 15) is 14.4 Å². The van der Waals surface area contributed by atoms with Gasteiger partial charge in [-0.3, -0.25) is 14.4 Å². The fraction of sp³-hybridized carbons (Fsp3) is 0.914. The molecule has 44 heavy (non-hydrogen) atoms. The molecule has 6 unspecified atom stereocenters. The Hall–Kier alpha value is -1.71. The second-order valence-corrected chi connectivity index (χ2v) is 15.1. The molecule has 0 aromatic heterocycles. The number of rotatable bonds is 7. The molecule has 3 amide bonds. The van der Waals surface area contributed by atoms with Crippen LogP contribution in [0.1, 0.15) is 107 Å². The zero-order valence-electron chi connectivity index (χ0n) is 30.6. The maximum absolute atomic E-state index is 12.2. The van der Waals surface area contributed by atoms with Crippen LogP contribution in [0.2, 0.25) is 0 Å². The number of nitrogens with zero attached hydrogens (tertiary/aromatic N) is 3. The van der Waals surface area contributed by atoms with Crippen molar-refractivity contribution in [1.82, 2.24) is 30.7 Å². The van der Waals surface area contributed by atoms with Crippen molar-refractivity contribution in [1.29, 1.82) is 0 Å². The highest BCUT2D eigenvalue weighted by molar-refractivity contribution is 5.83. The molecular weight excluding hydrogens is 552 g/mol. The van der Waals surface area contributed by atoms with Crippen LogP contribution in [0.15, 0.2) is 0 Å². The smallest absolute Gasteiger partial charge is 0.240 e. The minimum absolute atomic E-state index is 0.00160. The predicted octanol–water partition coefficient (Wildman–Crippen LogP) is 4.36. The van der Waals surface area contributed by atoms with Crippen molar-refractivity contribution in [3.05, 3.63) is 0 Å². The fourth-order valence-electron chi connectivity index (χ4n) is 6.43. The van der Waals surface area contributed by atoms with Crippen molar-refractivity contribution in [3.8, 4) is 0 Å². The van der Waals surface area contributed by atoms with Crippen LogP contribution in [-0.4, -0.2) is 110 Å². The summed E-state index contributed by atoms with van der Waals surface area (Å²) in [5.41, 5.74) is -0.0593. The molecule has 258 valence electrons. The third-order valence-corrected chi connectivity index (χ3v) is 9.26. The van der Waals surface area contributed by atoms with E-state index in [0.29, 0.717) is 29.6 Å². The first-order valence-electron chi connectivity index (χ1n) is 17.5. The van der Waals surface area contributed by atoms with Gasteiger partial charge in [0.2, 0.25) is 17.7 Å². The molecule has 9 heteroatoms. The molecule has 0 aromatic carbocycles. The standard InChI is InChI=1S/2C12H24N2O.C11H22N2O/c1-9-6-7-14(12(2,3)4)11(15)10(8-9)13-5;1-9(2)8-14-6-5-10(3)7-11(13-4)12(14)15;1-4-6-13-7-5-9(2)8-10(12-3)11(13)14/h9-10,13H,6-8H2,1-5H3;9-11,13H,5-8H2,1-4H3;9-10,12H,4-8H2,1-3H3. The Kier molecular flexibility index (Phi) is 18.1. The number of likely N-dealkylation sites (tertiary alicyclic amines) is 3. The molecule has 0 saturated carbocycles. The van der Waals surface area contributed by atoms with Crippen LogP contribution in [0.25, 0.3) is 0 Å². The number of carbonyl (C=O) groups excluding carboxylic acids is 3. The molecule has 0 aliphatic carbocycles. The van der Waals surface area contributed by atoms with Crippen molar-refractivity contribution < 1.29 is 14.4 Å². The molecule has 3 aliphatic rings. The average Bonchev–Trinajstić information content (AvgIpc) is 3.26. The Morgan fingerprint density at radius 2 is 1.07 bits per heavy atom. The summed E-state index contributed by atoms with van der Waals surface area (Å²) in [5, 5.41) is 9.39. The van der Waals surface area contributed by atoms with E-state index in [1.165, 1.54) is 0 Å². The van der Waals surface area contributed by atoms with Crippen molar-refractivity contribution >= 4 is 17.7 Å². The molecule has 9 nitrogen and oxygen atoms in total. The molecule has 3 aliphatic heterocycles. The summed E-state index contributed by atoms with van der Waals surface area (Å²) < 4.78 is 0. The maximum Gasteiger partial charge on any atom is 0.240 e. The lowest BCUT2D eigenvalue weighted by Gasteiger charge is -2.36. The van der Waals surface area contributed by atoms with Crippen LogP contribution in [-0.2, 0) is 14.4 Å². The van der Waals surface area contributed by atoms with E-state index in [0.717, 1.165) is 77.7 Å². The number of nitrogens with one attached hydrogen (secondary N) is 3. The van der Waals surface area contributed by atoms with Gasteiger partial charge in [0.15, 0.2) is 0 Å². The minimum Gasteiger partial charge on any atom is -0.341 e. The van der Waals surface area contributed by atoms with Gasteiger partial charge < -0.3 is 30.7 Å². The van der Waals surface area contributed by atoms with E-state index in [-0.39, 0.29) is 35.5 Å². The zero-order valence-corrected chi connectivity index (χ0v) is 30.6. The average molecular weight is 623 g/mol. The second-order valence-electron chi connectivity index (χ2n) is 15.1. The third-order valence-electron chi connectivity index (χ3n) is 9.26. The van der Waals surface area contributed by atoms with Crippen LogP contribution < -0.4 is 16.0 Å². The monoisotopic (exact) mass is 623 g/mol. The summed E-state index contributed by atoms with van der Waals surface area (Å²) in [4.78, 5) is 42.4. The van der Waals surface area contributed by atoms with Crippen molar-refractivity contribution in [2.45, 2.75) is 131 Å². The molecule has 3 heterocycles. The van der Waals surface area contributed by atoms with Crippen molar-refractivity contribution in [2.75, 3.05) is 53.9 Å². The SMILES string of the molecule is CCCN1CCC(C)CC(NC)C1=O.CNC1CC(C)CCN(C(C)(C)C)C1=O.CNC1CC(C)CCN(CC(C)C)C1=O. The molecule has 3 rings (SSSR count). The highest BCUT2D eigenvalue weighted by Crippen LogP contribution is 2.24. The summed E-state index contributed by atoms with van der Waals surface area (Å²) in [7, 11) is 5.64. The van der Waals surface area contributed by atoms with Gasteiger partial charge in [0, 0.05) is 38.3 Å². The van der Waals surface area contributed by atoms with Crippen molar-refractivity contribution in [2.24, 2.45) is 23.7 Å². The number of hydrogen-bond donors (Lipinski definition) is 3. The largest absolute Gasteiger partial charge is 0.341 e. The molecule has 0 spiro atoms. The van der Waals surface area contributed by atoms with Crippen LogP contribution in [0.4, 0.5) is 0 Å². The molecular formula is C35H70N6O3. The number of likely N-dealkylation sites (N-methyl/N-ethyl adjacent to an activating group) is 3. The quantitative estimate of drug-likeness (QED) is 0.391. The molecule has 0 radical (unpaired) electrons. The molecule has 3 N–H and O–H groups in total. The first-order chi connectivity index (χ1) is 20.6. The summed E-state index contributed by atoms with van der Waals surface area (Å²) in [6.07, 6.45) is 7.36. The van der Waals surface area contributed by atoms with Gasteiger partial charge in [-0.2, -0.15) is 0 Å². The Labute approximate surface area is 271 Å². The molecule has 3 saturated heterocycles. The summed E-state index contributed by atoms with van der Waals surface area (Å²) in [5.74, 6) is 3.31. The van der Waals surface area contributed by atoms with Crippen LogP contribution >= 0.6 is 0 Å². The van der Waals surface area contributed by atoms with Gasteiger partial charge in [0.1, 0.15) is 0 Å². The second kappa shape index (κ2) is 19.7. The van der Waals surface area contributed by atoms with E-state index in [4.69, 9.17) is 0 Å². The summed E-state index contributed by atoms with van der Waals surface area (Å²) in [6, 6.07) is 0.0713. The van der Waals surface area contributed by atoms with Gasteiger partial charge >= 0.3 is 0 Å². The van der Waals surface area contributed by atoms with Gasteiger partial charge in [-0.25, -0.2) is 0 Å². The number of amides is 3. The first-order valence-corrected chi connectivity index (χ1v) is 17.5. The minimum atomic E-state index is -0.0593. The Bertz CT molecular complexity index is 860. The fourth-order valence-corrected chi connectivity index (χ4v) is 6.43. The van der Waals surface area contributed by atoms with Gasteiger partial charge in [-0.1, -0.05) is 41.5 Å². The Morgan fingerprint density at radius 3 is 1.45 bits per heavy atom. The van der Waals surface area contributed by atoms with Crippen LogP contribution in [0.3, 0.4) is 0 Å². The van der Waals surface area contributed by atoms with E-state index in [1.807, 2.05) is 35.8 Å². The molecule has 0 bridgehead atoms. The van der Waals surface area contributed by atoms with Gasteiger partial charge in [-0.15, -0.1) is 0 Å². The van der Waals surface area contributed by atoms with Gasteiger partial charge in [0.25, 0.3) is 0 Å². The zero-order chi connectivity index (χ0) is 33.6. The maximum atomic E-state index is 12.2. The molecule has 0 aromatic rings. The first kappa shape index (κ1) is 40.3. The van der Waals surface area contributed by atoms with Gasteiger partial charge in [0.05, 0.1) is 18.1 Å². The summed E-state index contributed by atoms with van der Waals surface area (Å²) in [6.45, 7) is 24.0. The summed E-state index contributed by atoms with van der Waals surface area (Å²) >= 11 is 0. The lowest BCUT2D eigenvalue weighted by molar-refractivity contribution is -0.137. The van der Waals surface area contributed by atoms with E-state index in [2.05, 4.69) is 78.3 Å². The normalized spacial score (nSPS) is 28.8. The van der Waals surface area contributed by atoms with Gasteiger partial charge in [-0.05, 0) is 111 Å². The number of hydrogen-bond acceptors (Lipinski definition) is 6. The van der Waals surface area contributed by atoms with E-state index in [1.54, 1.807) is 0 Å². The molecule has 6 atom stereocenters. The predicted molar refractivity (Wildman–Crippen MR) is 183 cm³/mol. The Balaban J connectivity index is 0.000000330. The van der Waals surface area contributed by atoms with Crippen molar-refractivity contribution in [3.63, 3.8) is 0 Å². The molecule has 3 fully saturated rings. The highest BCUT2D eigenvalue weighted by Gasteiger charge is 2.34. The number of carbonyl (C=O) groups is 3. The van der Waals surface area contributed by atoms with Crippen LogP contribution in [0.5, 0.6) is 0 Å². The Morgan fingerprint density at radius 1 is 0.682 bits per heavy atom. The van der Waals surface area contributed by atoms with E-state index >= 15 is 0 Å². The topological polar surface area (TPSA) is 97.0 Å². The van der Waals surface area contributed by atoms with E-state index < -0.39 is 0 Å². The third kappa shape index (κ3) is 13.3. The lowest BCUT2D eigenvalue weighted by atomic mass is 10.0.